The van der Waals surface area contributed by atoms with Crippen molar-refractivity contribution in [1.29, 1.82) is 0 Å². The molecule has 2 saturated heterocycles. The number of hydrogen-bond donors (Lipinski definition) is 1. The smallest absolute Gasteiger partial charge is 0.124 e. The van der Waals surface area contributed by atoms with Gasteiger partial charge in [-0.25, -0.2) is 4.68 Å². The van der Waals surface area contributed by atoms with Crippen LogP contribution in [0.3, 0.4) is 0 Å². The topological polar surface area (TPSA) is 42.3 Å². The second-order valence-corrected chi connectivity index (χ2v) is 6.98. The van der Waals surface area contributed by atoms with E-state index in [2.05, 4.69) is 33.0 Å². The molecule has 0 aromatic carbocycles. The van der Waals surface area contributed by atoms with Crippen molar-refractivity contribution in [2.45, 2.75) is 57.3 Å². The highest BCUT2D eigenvalue weighted by Gasteiger charge is 2.38. The Morgan fingerprint density at radius 1 is 1.38 bits per heavy atom. The van der Waals surface area contributed by atoms with E-state index in [-0.39, 0.29) is 0 Å². The highest BCUT2D eigenvalue weighted by Crippen LogP contribution is 2.34. The molecule has 116 valence electrons. The van der Waals surface area contributed by atoms with Crippen LogP contribution in [0.1, 0.15) is 32.6 Å². The zero-order chi connectivity index (χ0) is 14.2. The molecule has 3 atom stereocenters. The van der Waals surface area contributed by atoms with Crippen molar-refractivity contribution in [1.82, 2.24) is 14.7 Å². The Morgan fingerprint density at radius 3 is 3.05 bits per heavy atom. The molecule has 0 amide bonds. The van der Waals surface area contributed by atoms with E-state index in [9.17, 15) is 0 Å². The molecule has 5 nitrogen and oxygen atoms in total. The van der Waals surface area contributed by atoms with Gasteiger partial charge in [-0.3, -0.25) is 4.90 Å². The van der Waals surface area contributed by atoms with Crippen molar-refractivity contribution in [2.75, 3.05) is 25.1 Å². The van der Waals surface area contributed by atoms with Crippen LogP contribution in [0.2, 0.25) is 0 Å². The van der Waals surface area contributed by atoms with Crippen molar-refractivity contribution in [2.24, 2.45) is 5.92 Å². The van der Waals surface area contributed by atoms with Gasteiger partial charge in [-0.05, 0) is 32.6 Å². The van der Waals surface area contributed by atoms with Gasteiger partial charge < -0.3 is 10.1 Å². The summed E-state index contributed by atoms with van der Waals surface area (Å²) in [5.41, 5.74) is 0. The summed E-state index contributed by atoms with van der Waals surface area (Å²) in [6, 6.07) is 4.26. The molecule has 3 heterocycles. The minimum atomic E-state index is 0.566. The fourth-order valence-electron chi connectivity index (χ4n) is 3.86. The Bertz CT molecular complexity index is 478. The number of likely N-dealkylation sites (tertiary alicyclic amines) is 1. The summed E-state index contributed by atoms with van der Waals surface area (Å²) >= 11 is 0. The van der Waals surface area contributed by atoms with Crippen LogP contribution >= 0.6 is 0 Å². The van der Waals surface area contributed by atoms with Crippen LogP contribution in [0.4, 0.5) is 5.82 Å². The maximum atomic E-state index is 5.47. The van der Waals surface area contributed by atoms with Crippen molar-refractivity contribution in [3.8, 4) is 0 Å². The average Bonchev–Trinajstić information content (AvgIpc) is 2.86. The van der Waals surface area contributed by atoms with E-state index in [0.717, 1.165) is 38.3 Å². The van der Waals surface area contributed by atoms with Gasteiger partial charge in [-0.2, -0.15) is 5.10 Å². The minimum Gasteiger partial charge on any atom is -0.381 e. The van der Waals surface area contributed by atoms with Gasteiger partial charge in [0.05, 0.1) is 12.8 Å². The zero-order valence-corrected chi connectivity index (χ0v) is 12.9. The summed E-state index contributed by atoms with van der Waals surface area (Å²) < 4.78 is 7.60. The maximum absolute atomic E-state index is 5.47. The predicted octanol–water partition coefficient (Wildman–Crippen LogP) is 1.96. The van der Waals surface area contributed by atoms with Gasteiger partial charge in [-0.15, -0.1) is 0 Å². The van der Waals surface area contributed by atoms with Gasteiger partial charge in [0.15, 0.2) is 0 Å². The van der Waals surface area contributed by atoms with Crippen LogP contribution in [0.5, 0.6) is 0 Å². The molecule has 1 aromatic rings. The first-order valence-corrected chi connectivity index (χ1v) is 8.41. The molecule has 2 aliphatic heterocycles. The molecule has 3 unspecified atom stereocenters. The Kier molecular flexibility index (Phi) is 3.63. The number of rotatable bonds is 5. The lowest BCUT2D eigenvalue weighted by molar-refractivity contribution is 0.181. The molecular formula is C16H26N4O. The highest BCUT2D eigenvalue weighted by molar-refractivity contribution is 5.36. The second-order valence-electron chi connectivity index (χ2n) is 6.98. The first-order chi connectivity index (χ1) is 10.3. The number of ether oxygens (including phenoxy) is 1. The SMILES string of the molecule is CC1CC(Nc2ccnn2CC2CCOC2)CN1C1CC1. The largest absolute Gasteiger partial charge is 0.381 e. The lowest BCUT2D eigenvalue weighted by Crippen LogP contribution is -2.31. The van der Waals surface area contributed by atoms with Crippen LogP contribution in [-0.2, 0) is 11.3 Å². The predicted molar refractivity (Wildman–Crippen MR) is 82.4 cm³/mol. The highest BCUT2D eigenvalue weighted by atomic mass is 16.5. The normalized spacial score (nSPS) is 33.7. The maximum Gasteiger partial charge on any atom is 0.124 e. The molecule has 21 heavy (non-hydrogen) atoms. The zero-order valence-electron chi connectivity index (χ0n) is 12.9. The summed E-state index contributed by atoms with van der Waals surface area (Å²) in [6.07, 6.45) is 7.12. The van der Waals surface area contributed by atoms with Gasteiger partial charge in [0.1, 0.15) is 5.82 Å². The molecular weight excluding hydrogens is 264 g/mol. The molecule has 4 rings (SSSR count). The van der Waals surface area contributed by atoms with Crippen LogP contribution in [0, 0.1) is 5.92 Å². The van der Waals surface area contributed by atoms with Crippen LogP contribution in [0.15, 0.2) is 12.3 Å². The number of anilines is 1. The lowest BCUT2D eigenvalue weighted by Gasteiger charge is -2.20. The standard InChI is InChI=1S/C16H26N4O/c1-12-8-14(10-19(12)15-2-3-15)18-16-4-6-17-20(16)9-13-5-7-21-11-13/h4,6,12-15,18H,2-3,5,7-11H2,1H3. The van der Waals surface area contributed by atoms with Gasteiger partial charge in [-0.1, -0.05) is 0 Å². The van der Waals surface area contributed by atoms with E-state index in [4.69, 9.17) is 4.74 Å². The molecule has 5 heteroatoms. The molecule has 1 saturated carbocycles. The monoisotopic (exact) mass is 290 g/mol. The fraction of sp³-hybridized carbons (Fsp3) is 0.812. The molecule has 1 aliphatic carbocycles. The quantitative estimate of drug-likeness (QED) is 0.900. The Morgan fingerprint density at radius 2 is 2.29 bits per heavy atom. The van der Waals surface area contributed by atoms with Crippen molar-refractivity contribution < 1.29 is 4.74 Å². The first-order valence-electron chi connectivity index (χ1n) is 8.41. The van der Waals surface area contributed by atoms with Gasteiger partial charge in [0.2, 0.25) is 0 Å². The summed E-state index contributed by atoms with van der Waals surface area (Å²) in [6.45, 7) is 6.32. The number of nitrogens with zero attached hydrogens (tertiary/aromatic N) is 3. The molecule has 0 radical (unpaired) electrons. The fourth-order valence-corrected chi connectivity index (χ4v) is 3.86. The van der Waals surface area contributed by atoms with Crippen LogP contribution in [0.25, 0.3) is 0 Å². The Labute approximate surface area is 126 Å². The summed E-state index contributed by atoms with van der Waals surface area (Å²) in [5, 5.41) is 8.22. The van der Waals surface area contributed by atoms with E-state index >= 15 is 0 Å². The molecule has 1 aromatic heterocycles. The summed E-state index contributed by atoms with van der Waals surface area (Å²) in [7, 11) is 0. The van der Waals surface area contributed by atoms with Gasteiger partial charge in [0.25, 0.3) is 0 Å². The van der Waals surface area contributed by atoms with E-state index in [1.165, 1.54) is 31.6 Å². The van der Waals surface area contributed by atoms with Crippen molar-refractivity contribution in [3.63, 3.8) is 0 Å². The van der Waals surface area contributed by atoms with E-state index < -0.39 is 0 Å². The molecule has 3 aliphatic rings. The molecule has 0 spiro atoms. The molecule has 1 N–H and O–H groups in total. The van der Waals surface area contributed by atoms with Crippen molar-refractivity contribution >= 4 is 5.82 Å². The third-order valence-electron chi connectivity index (χ3n) is 5.16. The average molecular weight is 290 g/mol. The van der Waals surface area contributed by atoms with Gasteiger partial charge in [0, 0.05) is 49.8 Å². The summed E-state index contributed by atoms with van der Waals surface area (Å²) in [5.74, 6) is 1.80. The third kappa shape index (κ3) is 2.94. The minimum absolute atomic E-state index is 0.566. The van der Waals surface area contributed by atoms with Gasteiger partial charge >= 0.3 is 0 Å². The van der Waals surface area contributed by atoms with Crippen LogP contribution < -0.4 is 5.32 Å². The van der Waals surface area contributed by atoms with Crippen LogP contribution in [-0.4, -0.2) is 52.6 Å². The lowest BCUT2D eigenvalue weighted by atomic mass is 10.1. The van der Waals surface area contributed by atoms with E-state index in [1.54, 1.807) is 0 Å². The number of nitrogens with one attached hydrogen (secondary N) is 1. The first kappa shape index (κ1) is 13.6. The Hall–Kier alpha value is -1.07. The van der Waals surface area contributed by atoms with E-state index in [0.29, 0.717) is 12.0 Å². The van der Waals surface area contributed by atoms with Crippen molar-refractivity contribution in [3.05, 3.63) is 12.3 Å². The molecule has 0 bridgehead atoms. The summed E-state index contributed by atoms with van der Waals surface area (Å²) in [4.78, 5) is 2.68. The Balaban J connectivity index is 1.37. The third-order valence-corrected chi connectivity index (χ3v) is 5.16. The second kappa shape index (κ2) is 5.61. The number of aromatic nitrogens is 2. The molecule has 3 fully saturated rings. The van der Waals surface area contributed by atoms with E-state index in [1.807, 2.05) is 6.20 Å². The number of hydrogen-bond acceptors (Lipinski definition) is 4.